The number of hydrogen-bond acceptors (Lipinski definition) is 3. The quantitative estimate of drug-likeness (QED) is 0.734. The van der Waals surface area contributed by atoms with Crippen LogP contribution >= 0.6 is 0 Å². The molecule has 1 aromatic heterocycles. The molecule has 0 aliphatic rings. The zero-order valence-corrected chi connectivity index (χ0v) is 12.8. The number of rotatable bonds is 4. The van der Waals surface area contributed by atoms with E-state index >= 15 is 0 Å². The number of anilines is 3. The minimum Gasteiger partial charge on any atom is -0.340 e. The highest BCUT2D eigenvalue weighted by atomic mass is 19.2. The number of carbonyl (C=O) groups excluding carboxylic acids is 1. The highest BCUT2D eigenvalue weighted by Crippen LogP contribution is 2.19. The van der Waals surface area contributed by atoms with Crippen molar-refractivity contribution in [3.63, 3.8) is 0 Å². The van der Waals surface area contributed by atoms with Crippen LogP contribution in [0.15, 0.2) is 60.8 Å². The van der Waals surface area contributed by atoms with E-state index in [1.54, 1.807) is 12.1 Å². The SMILES string of the molecule is O=C(Nc1ccc(Nc2ccc(F)c(F)c2)nc1)c1ccc(F)cc1. The van der Waals surface area contributed by atoms with E-state index in [2.05, 4.69) is 15.6 Å². The van der Waals surface area contributed by atoms with Crippen molar-refractivity contribution in [1.29, 1.82) is 0 Å². The topological polar surface area (TPSA) is 54.0 Å². The summed E-state index contributed by atoms with van der Waals surface area (Å²) >= 11 is 0. The minimum atomic E-state index is -0.965. The third-order valence-electron chi connectivity index (χ3n) is 3.32. The van der Waals surface area contributed by atoms with E-state index < -0.39 is 23.4 Å². The first kappa shape index (κ1) is 16.5. The maximum absolute atomic E-state index is 13.2. The molecule has 4 nitrogen and oxygen atoms in total. The maximum Gasteiger partial charge on any atom is 0.255 e. The second kappa shape index (κ2) is 7.04. The fraction of sp³-hybridized carbons (Fsp3) is 0. The van der Waals surface area contributed by atoms with Crippen LogP contribution in [-0.4, -0.2) is 10.9 Å². The van der Waals surface area contributed by atoms with E-state index in [0.29, 0.717) is 22.8 Å². The van der Waals surface area contributed by atoms with E-state index in [4.69, 9.17) is 0 Å². The van der Waals surface area contributed by atoms with Crippen LogP contribution in [0.5, 0.6) is 0 Å². The molecule has 0 spiro atoms. The summed E-state index contributed by atoms with van der Waals surface area (Å²) in [5, 5.41) is 5.44. The van der Waals surface area contributed by atoms with Gasteiger partial charge in [-0.25, -0.2) is 18.2 Å². The summed E-state index contributed by atoms with van der Waals surface area (Å²) < 4.78 is 38.9. The van der Waals surface area contributed by atoms with Gasteiger partial charge in [0.15, 0.2) is 11.6 Å². The average Bonchev–Trinajstić information content (AvgIpc) is 2.60. The van der Waals surface area contributed by atoms with Gasteiger partial charge in [-0.3, -0.25) is 4.79 Å². The van der Waals surface area contributed by atoms with Gasteiger partial charge in [0.2, 0.25) is 0 Å². The Morgan fingerprint density at radius 3 is 2.20 bits per heavy atom. The lowest BCUT2D eigenvalue weighted by atomic mass is 10.2. The number of nitrogens with one attached hydrogen (secondary N) is 2. The molecule has 7 heteroatoms. The fourth-order valence-electron chi connectivity index (χ4n) is 2.07. The van der Waals surface area contributed by atoms with Crippen molar-refractivity contribution in [3.8, 4) is 0 Å². The number of benzene rings is 2. The summed E-state index contributed by atoms with van der Waals surface area (Å²) in [4.78, 5) is 16.1. The molecule has 1 amide bonds. The largest absolute Gasteiger partial charge is 0.340 e. The smallest absolute Gasteiger partial charge is 0.255 e. The molecule has 25 heavy (non-hydrogen) atoms. The Bertz CT molecular complexity index is 896. The van der Waals surface area contributed by atoms with Crippen molar-refractivity contribution in [2.45, 2.75) is 0 Å². The van der Waals surface area contributed by atoms with Gasteiger partial charge in [-0.2, -0.15) is 0 Å². The maximum atomic E-state index is 13.2. The number of pyridine rings is 1. The molecule has 0 aliphatic carbocycles. The van der Waals surface area contributed by atoms with Gasteiger partial charge in [-0.15, -0.1) is 0 Å². The average molecular weight is 343 g/mol. The molecule has 2 N–H and O–H groups in total. The molecule has 2 aromatic carbocycles. The Morgan fingerprint density at radius 2 is 1.56 bits per heavy atom. The van der Waals surface area contributed by atoms with Gasteiger partial charge in [0.05, 0.1) is 11.9 Å². The van der Waals surface area contributed by atoms with Crippen LogP contribution < -0.4 is 10.6 Å². The van der Waals surface area contributed by atoms with Crippen molar-refractivity contribution in [3.05, 3.63) is 83.8 Å². The second-order valence-corrected chi connectivity index (χ2v) is 5.15. The van der Waals surface area contributed by atoms with Crippen LogP contribution in [0.4, 0.5) is 30.4 Å². The van der Waals surface area contributed by atoms with Crippen molar-refractivity contribution < 1.29 is 18.0 Å². The molecule has 0 saturated heterocycles. The summed E-state index contributed by atoms with van der Waals surface area (Å²) in [5.41, 5.74) is 1.09. The molecule has 0 atom stereocenters. The molecule has 1 heterocycles. The molecule has 0 radical (unpaired) electrons. The summed E-state index contributed by atoms with van der Waals surface area (Å²) in [7, 11) is 0. The van der Waals surface area contributed by atoms with Gasteiger partial charge in [0, 0.05) is 17.3 Å². The molecule has 0 unspecified atom stereocenters. The van der Waals surface area contributed by atoms with Crippen LogP contribution in [0.3, 0.4) is 0 Å². The van der Waals surface area contributed by atoms with Crippen molar-refractivity contribution >= 4 is 23.1 Å². The molecule has 0 saturated carbocycles. The highest BCUT2D eigenvalue weighted by Gasteiger charge is 2.07. The lowest BCUT2D eigenvalue weighted by Crippen LogP contribution is -2.12. The van der Waals surface area contributed by atoms with Crippen molar-refractivity contribution in [2.24, 2.45) is 0 Å². The van der Waals surface area contributed by atoms with E-state index in [1.807, 2.05) is 0 Å². The molecular weight excluding hydrogens is 331 g/mol. The van der Waals surface area contributed by atoms with Gasteiger partial charge in [-0.05, 0) is 48.5 Å². The van der Waals surface area contributed by atoms with Crippen molar-refractivity contribution in [1.82, 2.24) is 4.98 Å². The predicted molar refractivity (Wildman–Crippen MR) is 88.2 cm³/mol. The van der Waals surface area contributed by atoms with Crippen LogP contribution in [0.1, 0.15) is 10.4 Å². The predicted octanol–water partition coefficient (Wildman–Crippen LogP) is 4.49. The summed E-state index contributed by atoms with van der Waals surface area (Å²) in [6, 6.07) is 11.7. The molecule has 3 aromatic rings. The van der Waals surface area contributed by atoms with Gasteiger partial charge in [0.1, 0.15) is 11.6 Å². The van der Waals surface area contributed by atoms with E-state index in [-0.39, 0.29) is 0 Å². The number of halogens is 3. The van der Waals surface area contributed by atoms with Gasteiger partial charge < -0.3 is 10.6 Å². The van der Waals surface area contributed by atoms with Gasteiger partial charge in [-0.1, -0.05) is 0 Å². The number of amides is 1. The van der Waals surface area contributed by atoms with E-state index in [9.17, 15) is 18.0 Å². The Balaban J connectivity index is 1.66. The summed E-state index contributed by atoms with van der Waals surface area (Å²) in [6.07, 6.45) is 1.41. The lowest BCUT2D eigenvalue weighted by molar-refractivity contribution is 0.102. The first-order chi connectivity index (χ1) is 12.0. The highest BCUT2D eigenvalue weighted by molar-refractivity contribution is 6.04. The second-order valence-electron chi connectivity index (χ2n) is 5.15. The molecule has 0 bridgehead atoms. The number of nitrogens with zero attached hydrogens (tertiary/aromatic N) is 1. The van der Waals surface area contributed by atoms with Gasteiger partial charge >= 0.3 is 0 Å². The monoisotopic (exact) mass is 343 g/mol. The Hall–Kier alpha value is -3.35. The number of carbonyl (C=O) groups is 1. The molecule has 3 rings (SSSR count). The molecule has 0 aliphatic heterocycles. The Morgan fingerprint density at radius 1 is 0.840 bits per heavy atom. The third kappa shape index (κ3) is 4.14. The zero-order valence-electron chi connectivity index (χ0n) is 12.8. The number of hydrogen-bond donors (Lipinski definition) is 2. The van der Waals surface area contributed by atoms with Crippen LogP contribution in [0, 0.1) is 17.5 Å². The normalized spacial score (nSPS) is 10.4. The summed E-state index contributed by atoms with van der Waals surface area (Å²) in [5.74, 6) is -2.33. The van der Waals surface area contributed by atoms with Gasteiger partial charge in [0.25, 0.3) is 5.91 Å². The van der Waals surface area contributed by atoms with E-state index in [1.165, 1.54) is 36.5 Å². The summed E-state index contributed by atoms with van der Waals surface area (Å²) in [6.45, 7) is 0. The van der Waals surface area contributed by atoms with Crippen molar-refractivity contribution in [2.75, 3.05) is 10.6 Å². The van der Waals surface area contributed by atoms with E-state index in [0.717, 1.165) is 12.1 Å². The van der Waals surface area contributed by atoms with Crippen LogP contribution in [0.25, 0.3) is 0 Å². The zero-order chi connectivity index (χ0) is 17.8. The number of aromatic nitrogens is 1. The van der Waals surface area contributed by atoms with Crippen LogP contribution in [-0.2, 0) is 0 Å². The lowest BCUT2D eigenvalue weighted by Gasteiger charge is -2.08. The Kier molecular flexibility index (Phi) is 4.65. The molecular formula is C18H12F3N3O. The molecule has 126 valence electrons. The van der Waals surface area contributed by atoms with Crippen LogP contribution in [0.2, 0.25) is 0 Å². The Labute approximate surface area is 141 Å². The standard InChI is InChI=1S/C18H12F3N3O/c19-12-3-1-11(2-4-12)18(25)24-14-6-8-17(22-10-14)23-13-5-7-15(20)16(21)9-13/h1-10H,(H,22,23)(H,24,25). The molecule has 0 fully saturated rings. The fourth-order valence-corrected chi connectivity index (χ4v) is 2.07. The third-order valence-corrected chi connectivity index (χ3v) is 3.32. The first-order valence-electron chi connectivity index (χ1n) is 7.26. The minimum absolute atomic E-state index is 0.311. The first-order valence-corrected chi connectivity index (χ1v) is 7.26.